The van der Waals surface area contributed by atoms with Crippen molar-refractivity contribution < 1.29 is 9.90 Å². The number of carbonyl (C=O) groups is 1. The number of hydrogen-bond acceptors (Lipinski definition) is 6. The molecule has 1 amide bonds. The molecule has 0 aliphatic carbocycles. The van der Waals surface area contributed by atoms with Gasteiger partial charge in [0.2, 0.25) is 5.95 Å². The summed E-state index contributed by atoms with van der Waals surface area (Å²) in [5.74, 6) is 0.473. The third kappa shape index (κ3) is 3.20. The van der Waals surface area contributed by atoms with Crippen molar-refractivity contribution in [1.29, 1.82) is 0 Å². The molecule has 3 heterocycles. The van der Waals surface area contributed by atoms with Crippen LogP contribution in [-0.4, -0.2) is 51.1 Å². The number of aliphatic hydroxyl groups is 1. The summed E-state index contributed by atoms with van der Waals surface area (Å²) in [4.78, 5) is 22.8. The highest BCUT2D eigenvalue weighted by Gasteiger charge is 2.31. The minimum Gasteiger partial charge on any atom is -0.389 e. The molecule has 1 aromatic carbocycles. The average Bonchev–Trinajstić information content (AvgIpc) is 3.08. The van der Waals surface area contributed by atoms with Crippen molar-refractivity contribution in [1.82, 2.24) is 14.9 Å². The van der Waals surface area contributed by atoms with Gasteiger partial charge in [-0.3, -0.25) is 4.79 Å². The number of fused-ring (bicyclic) bond motifs is 1. The second-order valence-electron chi connectivity index (χ2n) is 6.08. The zero-order chi connectivity index (χ0) is 17.2. The van der Waals surface area contributed by atoms with Gasteiger partial charge in [0.25, 0.3) is 5.91 Å². The van der Waals surface area contributed by atoms with Crippen LogP contribution in [0.1, 0.15) is 16.8 Å². The van der Waals surface area contributed by atoms with Gasteiger partial charge in [0.15, 0.2) is 0 Å². The Morgan fingerprint density at radius 1 is 1.24 bits per heavy atom. The maximum absolute atomic E-state index is 12.9. The van der Waals surface area contributed by atoms with Crippen LogP contribution in [0.4, 0.5) is 5.95 Å². The molecule has 0 spiro atoms. The number of amides is 1. The normalized spacial score (nSPS) is 20.6. The number of thiophene rings is 1. The minimum absolute atomic E-state index is 0.0223. The first kappa shape index (κ1) is 16.0. The Balaban J connectivity index is 1.46. The summed E-state index contributed by atoms with van der Waals surface area (Å²) in [6.07, 6.45) is 3.29. The SMILES string of the molecule is O=C(c1csc2ccccc12)N1CC[C@@H](Nc2ncccn2)[C@H](O)C1. The lowest BCUT2D eigenvalue weighted by molar-refractivity contribution is 0.0427. The lowest BCUT2D eigenvalue weighted by Gasteiger charge is -2.36. The third-order valence-corrected chi connectivity index (χ3v) is 5.42. The molecule has 25 heavy (non-hydrogen) atoms. The van der Waals surface area contributed by atoms with Gasteiger partial charge in [0.1, 0.15) is 0 Å². The quantitative estimate of drug-likeness (QED) is 0.755. The van der Waals surface area contributed by atoms with Crippen LogP contribution in [0.15, 0.2) is 48.1 Å². The molecular formula is C18H18N4O2S. The molecule has 1 fully saturated rings. The molecule has 3 aromatic rings. The minimum atomic E-state index is -0.661. The summed E-state index contributed by atoms with van der Waals surface area (Å²) in [5, 5.41) is 16.5. The van der Waals surface area contributed by atoms with Crippen molar-refractivity contribution in [2.45, 2.75) is 18.6 Å². The molecule has 1 aliphatic heterocycles. The third-order valence-electron chi connectivity index (χ3n) is 4.46. The topological polar surface area (TPSA) is 78.4 Å². The van der Waals surface area contributed by atoms with Gasteiger partial charge in [-0.25, -0.2) is 9.97 Å². The maximum Gasteiger partial charge on any atom is 0.255 e. The molecule has 2 atom stereocenters. The number of hydrogen-bond donors (Lipinski definition) is 2. The number of aliphatic hydroxyl groups excluding tert-OH is 1. The van der Waals surface area contributed by atoms with E-state index in [0.29, 0.717) is 31.0 Å². The zero-order valence-electron chi connectivity index (χ0n) is 13.5. The summed E-state index contributed by atoms with van der Waals surface area (Å²) >= 11 is 1.57. The first-order valence-corrected chi connectivity index (χ1v) is 9.07. The number of aromatic nitrogens is 2. The summed E-state index contributed by atoms with van der Waals surface area (Å²) in [6.45, 7) is 0.887. The van der Waals surface area contributed by atoms with Crippen LogP contribution in [0.5, 0.6) is 0 Å². The number of likely N-dealkylation sites (tertiary alicyclic amines) is 1. The molecule has 0 radical (unpaired) electrons. The van der Waals surface area contributed by atoms with Crippen LogP contribution < -0.4 is 5.32 Å². The average molecular weight is 354 g/mol. The number of β-amino-alcohol motifs (C(OH)–C–C–N with tert-alkyl or cyclic N) is 1. The molecule has 0 saturated carbocycles. The van der Waals surface area contributed by atoms with E-state index in [0.717, 1.165) is 10.1 Å². The van der Waals surface area contributed by atoms with E-state index in [1.54, 1.807) is 34.7 Å². The monoisotopic (exact) mass is 354 g/mol. The van der Waals surface area contributed by atoms with Crippen molar-refractivity contribution in [3.05, 3.63) is 53.7 Å². The highest BCUT2D eigenvalue weighted by Crippen LogP contribution is 2.27. The number of nitrogens with zero attached hydrogens (tertiary/aromatic N) is 3. The second-order valence-corrected chi connectivity index (χ2v) is 6.99. The van der Waals surface area contributed by atoms with Gasteiger partial charge in [0.05, 0.1) is 17.7 Å². The van der Waals surface area contributed by atoms with E-state index < -0.39 is 6.10 Å². The fraction of sp³-hybridized carbons (Fsp3) is 0.278. The molecule has 0 unspecified atom stereocenters. The Morgan fingerprint density at radius 2 is 2.04 bits per heavy atom. The molecule has 1 aliphatic rings. The van der Waals surface area contributed by atoms with Gasteiger partial charge in [-0.05, 0) is 18.6 Å². The number of piperidine rings is 1. The molecule has 7 heteroatoms. The Morgan fingerprint density at radius 3 is 2.84 bits per heavy atom. The van der Waals surface area contributed by atoms with E-state index >= 15 is 0 Å². The Bertz CT molecular complexity index is 883. The smallest absolute Gasteiger partial charge is 0.255 e. The Hall–Kier alpha value is -2.51. The summed E-state index contributed by atoms with van der Waals surface area (Å²) < 4.78 is 1.10. The summed E-state index contributed by atoms with van der Waals surface area (Å²) in [5.41, 5.74) is 0.714. The van der Waals surface area contributed by atoms with Crippen molar-refractivity contribution in [2.24, 2.45) is 0 Å². The molecule has 0 bridgehead atoms. The Kier molecular flexibility index (Phi) is 4.33. The molecule has 6 nitrogen and oxygen atoms in total. The first-order chi connectivity index (χ1) is 12.2. The number of carbonyl (C=O) groups excluding carboxylic acids is 1. The predicted octanol–water partition coefficient (Wildman–Crippen LogP) is 2.38. The van der Waals surface area contributed by atoms with Crippen LogP contribution >= 0.6 is 11.3 Å². The van der Waals surface area contributed by atoms with Crippen LogP contribution in [0, 0.1) is 0 Å². The summed E-state index contributed by atoms with van der Waals surface area (Å²) in [6, 6.07) is 9.48. The van der Waals surface area contributed by atoms with Crippen LogP contribution in [-0.2, 0) is 0 Å². The van der Waals surface area contributed by atoms with E-state index in [4.69, 9.17) is 0 Å². The number of benzene rings is 1. The zero-order valence-corrected chi connectivity index (χ0v) is 14.3. The largest absolute Gasteiger partial charge is 0.389 e. The highest BCUT2D eigenvalue weighted by molar-refractivity contribution is 7.17. The van der Waals surface area contributed by atoms with Crippen molar-refractivity contribution in [3.8, 4) is 0 Å². The van der Waals surface area contributed by atoms with Gasteiger partial charge in [0, 0.05) is 40.9 Å². The van der Waals surface area contributed by atoms with Crippen LogP contribution in [0.25, 0.3) is 10.1 Å². The van der Waals surface area contributed by atoms with Crippen molar-refractivity contribution in [2.75, 3.05) is 18.4 Å². The lowest BCUT2D eigenvalue weighted by atomic mass is 10.0. The van der Waals surface area contributed by atoms with E-state index in [1.807, 2.05) is 29.6 Å². The van der Waals surface area contributed by atoms with Gasteiger partial charge in [-0.2, -0.15) is 0 Å². The standard InChI is InChI=1S/C18H18N4O2S/c23-15-10-22(9-6-14(15)21-18-19-7-3-8-20-18)17(24)13-11-25-16-5-2-1-4-12(13)16/h1-5,7-8,11,14-15,23H,6,9-10H2,(H,19,20,21)/t14-,15-/m1/s1. The van der Waals surface area contributed by atoms with E-state index in [-0.39, 0.29) is 11.9 Å². The van der Waals surface area contributed by atoms with Gasteiger partial charge in [-0.15, -0.1) is 11.3 Å². The fourth-order valence-electron chi connectivity index (χ4n) is 3.14. The van der Waals surface area contributed by atoms with E-state index in [2.05, 4.69) is 15.3 Å². The van der Waals surface area contributed by atoms with E-state index in [1.165, 1.54) is 0 Å². The lowest BCUT2D eigenvalue weighted by Crippen LogP contribution is -2.51. The summed E-state index contributed by atoms with van der Waals surface area (Å²) in [7, 11) is 0. The van der Waals surface area contributed by atoms with Crippen LogP contribution in [0.3, 0.4) is 0 Å². The highest BCUT2D eigenvalue weighted by atomic mass is 32.1. The number of anilines is 1. The van der Waals surface area contributed by atoms with E-state index in [9.17, 15) is 9.90 Å². The predicted molar refractivity (Wildman–Crippen MR) is 97.8 cm³/mol. The van der Waals surface area contributed by atoms with Crippen LogP contribution in [0.2, 0.25) is 0 Å². The van der Waals surface area contributed by atoms with Gasteiger partial charge in [-0.1, -0.05) is 18.2 Å². The van der Waals surface area contributed by atoms with Crippen molar-refractivity contribution >= 4 is 33.3 Å². The maximum atomic E-state index is 12.9. The molecule has 1 saturated heterocycles. The fourth-order valence-corrected chi connectivity index (χ4v) is 4.07. The van der Waals surface area contributed by atoms with Crippen molar-refractivity contribution in [3.63, 3.8) is 0 Å². The second kappa shape index (κ2) is 6.78. The Labute approximate surface area is 149 Å². The number of nitrogens with one attached hydrogen (secondary N) is 1. The first-order valence-electron chi connectivity index (χ1n) is 8.19. The molecule has 4 rings (SSSR count). The van der Waals surface area contributed by atoms with Gasteiger partial charge < -0.3 is 15.3 Å². The molecule has 2 N–H and O–H groups in total. The molecule has 128 valence electrons. The number of rotatable bonds is 3. The molecule has 2 aromatic heterocycles. The van der Waals surface area contributed by atoms with Gasteiger partial charge >= 0.3 is 0 Å². The molecular weight excluding hydrogens is 336 g/mol.